The van der Waals surface area contributed by atoms with Gasteiger partial charge in [0, 0.05) is 12.3 Å². The van der Waals surface area contributed by atoms with Crippen molar-refractivity contribution in [2.75, 3.05) is 0 Å². The third-order valence-corrected chi connectivity index (χ3v) is 2.75. The van der Waals surface area contributed by atoms with Gasteiger partial charge in [0.2, 0.25) is 0 Å². The van der Waals surface area contributed by atoms with Gasteiger partial charge in [-0.05, 0) is 28.6 Å². The van der Waals surface area contributed by atoms with Gasteiger partial charge >= 0.3 is 0 Å². The molecule has 0 unspecified atom stereocenters. The average Bonchev–Trinajstić information content (AvgIpc) is 2.91. The number of hydrogen-bond acceptors (Lipinski definition) is 4. The molecule has 6 nitrogen and oxygen atoms in total. The van der Waals surface area contributed by atoms with Gasteiger partial charge in [-0.25, -0.2) is 0 Å². The first-order chi connectivity index (χ1) is 9.34. The molecular formula is C13H11N5O. The molecule has 0 radical (unpaired) electrons. The fraction of sp³-hybridized carbons (Fsp3) is 0.0769. The molecule has 3 aromatic rings. The van der Waals surface area contributed by atoms with Gasteiger partial charge in [-0.1, -0.05) is 24.3 Å². The largest absolute Gasteiger partial charge is 0.308 e. The first-order valence-corrected chi connectivity index (χ1v) is 5.83. The molecule has 0 aliphatic rings. The predicted octanol–water partition coefficient (Wildman–Crippen LogP) is 0.872. The number of pyridine rings is 1. The summed E-state index contributed by atoms with van der Waals surface area (Å²) < 4.78 is 3.19. The highest BCUT2D eigenvalue weighted by Crippen LogP contribution is 2.07. The Kier molecular flexibility index (Phi) is 2.89. The van der Waals surface area contributed by atoms with Gasteiger partial charge in [0.15, 0.2) is 5.82 Å². The Bertz CT molecular complexity index is 732. The average molecular weight is 253 g/mol. The summed E-state index contributed by atoms with van der Waals surface area (Å²) in [6.07, 6.45) is 1.71. The van der Waals surface area contributed by atoms with E-state index in [0.29, 0.717) is 12.4 Å². The van der Waals surface area contributed by atoms with Crippen LogP contribution in [0.25, 0.3) is 5.69 Å². The summed E-state index contributed by atoms with van der Waals surface area (Å²) in [7, 11) is 0. The highest BCUT2D eigenvalue weighted by molar-refractivity contribution is 5.30. The van der Waals surface area contributed by atoms with Gasteiger partial charge in [0.05, 0.1) is 12.2 Å². The molecule has 0 aliphatic heterocycles. The van der Waals surface area contributed by atoms with E-state index in [-0.39, 0.29) is 5.56 Å². The number of tetrazole rings is 1. The fourth-order valence-corrected chi connectivity index (χ4v) is 1.82. The van der Waals surface area contributed by atoms with Crippen LogP contribution in [-0.2, 0) is 6.54 Å². The van der Waals surface area contributed by atoms with Gasteiger partial charge in [-0.15, -0.1) is 5.10 Å². The second-order valence-electron chi connectivity index (χ2n) is 4.01. The molecular weight excluding hydrogens is 242 g/mol. The molecule has 3 rings (SSSR count). The molecule has 0 aliphatic carbocycles. The second kappa shape index (κ2) is 4.85. The lowest BCUT2D eigenvalue weighted by molar-refractivity contribution is 0.681. The normalized spacial score (nSPS) is 10.5. The van der Waals surface area contributed by atoms with Gasteiger partial charge in [0.25, 0.3) is 5.56 Å². The minimum Gasteiger partial charge on any atom is -0.308 e. The van der Waals surface area contributed by atoms with E-state index in [2.05, 4.69) is 15.5 Å². The van der Waals surface area contributed by atoms with Crippen LogP contribution in [0, 0.1) is 0 Å². The Labute approximate surface area is 108 Å². The van der Waals surface area contributed by atoms with Gasteiger partial charge < -0.3 is 4.57 Å². The van der Waals surface area contributed by atoms with E-state index in [9.17, 15) is 4.79 Å². The molecule has 1 aromatic carbocycles. The summed E-state index contributed by atoms with van der Waals surface area (Å²) in [5.41, 5.74) is 0.789. The van der Waals surface area contributed by atoms with Crippen molar-refractivity contribution in [1.29, 1.82) is 0 Å². The molecule has 19 heavy (non-hydrogen) atoms. The molecule has 0 N–H and O–H groups in total. The zero-order valence-electron chi connectivity index (χ0n) is 10.0. The van der Waals surface area contributed by atoms with Crippen LogP contribution in [0.5, 0.6) is 0 Å². The highest BCUT2D eigenvalue weighted by atomic mass is 16.1. The number of nitrogens with zero attached hydrogens (tertiary/aromatic N) is 5. The van der Waals surface area contributed by atoms with Crippen LogP contribution in [0.15, 0.2) is 59.5 Å². The van der Waals surface area contributed by atoms with E-state index >= 15 is 0 Å². The summed E-state index contributed by atoms with van der Waals surface area (Å²) in [5.74, 6) is 0.611. The van der Waals surface area contributed by atoms with Crippen LogP contribution in [0.2, 0.25) is 0 Å². The van der Waals surface area contributed by atoms with Gasteiger partial charge in [0.1, 0.15) is 0 Å². The van der Waals surface area contributed by atoms with E-state index in [1.165, 1.54) is 6.07 Å². The zero-order chi connectivity index (χ0) is 13.1. The van der Waals surface area contributed by atoms with Crippen molar-refractivity contribution in [2.45, 2.75) is 6.54 Å². The summed E-state index contributed by atoms with van der Waals surface area (Å²) in [6, 6.07) is 14.6. The lowest BCUT2D eigenvalue weighted by Crippen LogP contribution is -2.20. The quantitative estimate of drug-likeness (QED) is 0.694. The Balaban J connectivity index is 1.98. The van der Waals surface area contributed by atoms with Gasteiger partial charge in [-0.3, -0.25) is 4.79 Å². The first-order valence-electron chi connectivity index (χ1n) is 5.83. The summed E-state index contributed by atoms with van der Waals surface area (Å²) in [4.78, 5) is 11.7. The molecule has 0 amide bonds. The van der Waals surface area contributed by atoms with Crippen LogP contribution >= 0.6 is 0 Å². The van der Waals surface area contributed by atoms with Crippen molar-refractivity contribution in [1.82, 2.24) is 24.8 Å². The lowest BCUT2D eigenvalue weighted by Gasteiger charge is -2.06. The fourth-order valence-electron chi connectivity index (χ4n) is 1.82. The Morgan fingerprint density at radius 1 is 1.00 bits per heavy atom. The SMILES string of the molecule is O=c1ccccn1Cc1nnnn1-c1ccccc1. The number of benzene rings is 1. The summed E-state index contributed by atoms with van der Waals surface area (Å²) >= 11 is 0. The van der Waals surface area contributed by atoms with E-state index in [0.717, 1.165) is 5.69 Å². The van der Waals surface area contributed by atoms with Crippen molar-refractivity contribution in [3.63, 3.8) is 0 Å². The van der Waals surface area contributed by atoms with Crippen LogP contribution in [-0.4, -0.2) is 24.8 Å². The molecule has 94 valence electrons. The van der Waals surface area contributed by atoms with Crippen LogP contribution in [0.3, 0.4) is 0 Å². The number of hydrogen-bond donors (Lipinski definition) is 0. The van der Waals surface area contributed by atoms with Crippen molar-refractivity contribution in [2.24, 2.45) is 0 Å². The zero-order valence-corrected chi connectivity index (χ0v) is 10.0. The molecule has 0 bridgehead atoms. The second-order valence-corrected chi connectivity index (χ2v) is 4.01. The van der Waals surface area contributed by atoms with Crippen LogP contribution in [0.4, 0.5) is 0 Å². The summed E-state index contributed by atoms with van der Waals surface area (Å²) in [6.45, 7) is 0.335. The van der Waals surface area contributed by atoms with Gasteiger partial charge in [-0.2, -0.15) is 4.68 Å². The number of aromatic nitrogens is 5. The molecule has 2 aromatic heterocycles. The van der Waals surface area contributed by atoms with Crippen molar-refractivity contribution in [3.05, 3.63) is 70.9 Å². The maximum Gasteiger partial charge on any atom is 0.250 e. The third-order valence-electron chi connectivity index (χ3n) is 2.75. The van der Waals surface area contributed by atoms with Crippen molar-refractivity contribution < 1.29 is 0 Å². The lowest BCUT2D eigenvalue weighted by atomic mass is 10.3. The minimum absolute atomic E-state index is 0.0786. The molecule has 0 fully saturated rings. The molecule has 2 heterocycles. The highest BCUT2D eigenvalue weighted by Gasteiger charge is 2.08. The molecule has 6 heteroatoms. The number of para-hydroxylation sites is 1. The van der Waals surface area contributed by atoms with Crippen LogP contribution in [0.1, 0.15) is 5.82 Å². The molecule has 0 saturated carbocycles. The third kappa shape index (κ3) is 2.28. The van der Waals surface area contributed by atoms with Crippen molar-refractivity contribution in [3.8, 4) is 5.69 Å². The predicted molar refractivity (Wildman–Crippen MR) is 69.0 cm³/mol. The van der Waals surface area contributed by atoms with Crippen LogP contribution < -0.4 is 5.56 Å². The Morgan fingerprint density at radius 3 is 2.58 bits per heavy atom. The van der Waals surface area contributed by atoms with E-state index in [1.807, 2.05) is 30.3 Å². The minimum atomic E-state index is -0.0786. The first kappa shape index (κ1) is 11.3. The molecule has 0 atom stereocenters. The molecule has 0 spiro atoms. The summed E-state index contributed by atoms with van der Waals surface area (Å²) in [5, 5.41) is 11.6. The maximum atomic E-state index is 11.7. The van der Waals surface area contributed by atoms with E-state index in [1.54, 1.807) is 27.6 Å². The smallest absolute Gasteiger partial charge is 0.250 e. The van der Waals surface area contributed by atoms with E-state index in [4.69, 9.17) is 0 Å². The topological polar surface area (TPSA) is 65.6 Å². The van der Waals surface area contributed by atoms with E-state index < -0.39 is 0 Å². The monoisotopic (exact) mass is 253 g/mol. The van der Waals surface area contributed by atoms with Crippen molar-refractivity contribution >= 4 is 0 Å². The Hall–Kier alpha value is -2.76. The molecule has 0 saturated heterocycles. The Morgan fingerprint density at radius 2 is 1.79 bits per heavy atom. The number of rotatable bonds is 3. The standard InChI is InChI=1S/C13H11N5O/c19-13-8-4-5-9-17(13)10-12-14-15-16-18(12)11-6-2-1-3-7-11/h1-9H,10H2. The maximum absolute atomic E-state index is 11.7.